The summed E-state index contributed by atoms with van der Waals surface area (Å²) in [6, 6.07) is 7.74. The number of aliphatic hydroxyl groups is 1. The molecule has 0 aliphatic carbocycles. The van der Waals surface area contributed by atoms with E-state index in [2.05, 4.69) is 18.5 Å². The van der Waals surface area contributed by atoms with Gasteiger partial charge in [-0.2, -0.15) is 0 Å². The molecule has 10 nitrogen and oxygen atoms in total. The fourth-order valence-corrected chi connectivity index (χ4v) is 7.09. The first-order chi connectivity index (χ1) is 21.2. The van der Waals surface area contributed by atoms with E-state index in [4.69, 9.17) is 9.47 Å². The molecule has 3 saturated heterocycles. The van der Waals surface area contributed by atoms with Crippen molar-refractivity contribution in [1.29, 1.82) is 0 Å². The summed E-state index contributed by atoms with van der Waals surface area (Å²) in [5.41, 5.74) is -0.446. The van der Waals surface area contributed by atoms with Gasteiger partial charge in [-0.1, -0.05) is 55.8 Å². The van der Waals surface area contributed by atoms with Crippen LogP contribution >= 0.6 is 0 Å². The summed E-state index contributed by atoms with van der Waals surface area (Å²) in [5.74, 6) is -3.09. The monoisotopic (exact) mass is 609 g/mol. The summed E-state index contributed by atoms with van der Waals surface area (Å²) in [5, 5.41) is 12.5. The number of allylic oxidation sites excluding steroid dienone is 1. The fraction of sp³-hybridized carbons (Fsp3) is 0.588. The number of nitrogens with zero attached hydrogens (tertiary/aromatic N) is 2. The number of rotatable bonds is 17. The van der Waals surface area contributed by atoms with Gasteiger partial charge in [0.25, 0.3) is 0 Å². The van der Waals surface area contributed by atoms with Gasteiger partial charge in [-0.25, -0.2) is 0 Å². The van der Waals surface area contributed by atoms with Crippen molar-refractivity contribution in [1.82, 2.24) is 15.1 Å². The van der Waals surface area contributed by atoms with Crippen LogP contribution in [0.1, 0.15) is 70.5 Å². The van der Waals surface area contributed by atoms with Crippen LogP contribution in [-0.4, -0.2) is 88.6 Å². The van der Waals surface area contributed by atoms with Crippen LogP contribution in [0.4, 0.5) is 0 Å². The molecule has 1 aromatic rings. The third kappa shape index (κ3) is 6.61. The number of ether oxygens (including phenoxy) is 2. The molecule has 3 amide bonds. The third-order valence-corrected chi connectivity index (χ3v) is 9.10. The Morgan fingerprint density at radius 1 is 1.23 bits per heavy atom. The number of carbonyl (C=O) groups is 4. The van der Waals surface area contributed by atoms with Crippen LogP contribution in [0.15, 0.2) is 55.6 Å². The Labute approximate surface area is 260 Å². The average molecular weight is 610 g/mol. The zero-order valence-electron chi connectivity index (χ0n) is 26.0. The van der Waals surface area contributed by atoms with E-state index in [0.717, 1.165) is 12.8 Å². The second-order valence-corrected chi connectivity index (χ2v) is 12.0. The second kappa shape index (κ2) is 15.0. The lowest BCUT2D eigenvalue weighted by atomic mass is 9.70. The highest BCUT2D eigenvalue weighted by atomic mass is 16.6. The van der Waals surface area contributed by atoms with Crippen molar-refractivity contribution >= 4 is 23.7 Å². The van der Waals surface area contributed by atoms with Crippen molar-refractivity contribution in [2.24, 2.45) is 11.8 Å². The van der Waals surface area contributed by atoms with Gasteiger partial charge < -0.3 is 29.7 Å². The highest BCUT2D eigenvalue weighted by Gasteiger charge is 2.75. The summed E-state index contributed by atoms with van der Waals surface area (Å²) in [6.07, 6.45) is 5.75. The van der Waals surface area contributed by atoms with Crippen molar-refractivity contribution in [3.05, 3.63) is 61.2 Å². The van der Waals surface area contributed by atoms with E-state index in [-0.39, 0.29) is 37.3 Å². The van der Waals surface area contributed by atoms with Crippen LogP contribution in [0.3, 0.4) is 0 Å². The molecule has 0 saturated carbocycles. The molecule has 3 aliphatic heterocycles. The van der Waals surface area contributed by atoms with Crippen LogP contribution in [0.2, 0.25) is 0 Å². The van der Waals surface area contributed by atoms with Gasteiger partial charge in [0, 0.05) is 32.7 Å². The summed E-state index contributed by atoms with van der Waals surface area (Å²) >= 11 is 0. The largest absolute Gasteiger partial charge is 0.455 e. The minimum Gasteiger partial charge on any atom is -0.455 e. The van der Waals surface area contributed by atoms with Gasteiger partial charge in [0.15, 0.2) is 0 Å². The lowest BCUT2D eigenvalue weighted by molar-refractivity contribution is -0.162. The minimum absolute atomic E-state index is 0.140. The van der Waals surface area contributed by atoms with Crippen LogP contribution in [0.25, 0.3) is 0 Å². The predicted molar refractivity (Wildman–Crippen MR) is 165 cm³/mol. The van der Waals surface area contributed by atoms with E-state index < -0.39 is 47.7 Å². The molecule has 4 rings (SSSR count). The van der Waals surface area contributed by atoms with Crippen molar-refractivity contribution in [2.75, 3.05) is 26.2 Å². The van der Waals surface area contributed by atoms with Crippen LogP contribution in [0.5, 0.6) is 0 Å². The zero-order chi connectivity index (χ0) is 31.9. The normalized spacial score (nSPS) is 26.5. The maximum Gasteiger partial charge on any atom is 0.313 e. The van der Waals surface area contributed by atoms with Crippen molar-refractivity contribution in [3.8, 4) is 0 Å². The molecule has 0 radical (unpaired) electrons. The lowest BCUT2D eigenvalue weighted by Gasteiger charge is -2.36. The topological polar surface area (TPSA) is 125 Å². The molecule has 2 N–H and O–H groups in total. The van der Waals surface area contributed by atoms with Crippen LogP contribution in [-0.2, 0) is 28.7 Å². The summed E-state index contributed by atoms with van der Waals surface area (Å²) in [4.78, 5) is 58.2. The van der Waals surface area contributed by atoms with E-state index >= 15 is 0 Å². The zero-order valence-corrected chi connectivity index (χ0v) is 26.0. The van der Waals surface area contributed by atoms with E-state index in [1.54, 1.807) is 24.0 Å². The molecule has 3 heterocycles. The van der Waals surface area contributed by atoms with Crippen LogP contribution in [0, 0.1) is 11.8 Å². The highest BCUT2D eigenvalue weighted by molar-refractivity contribution is 5.98. The number of carbonyl (C=O) groups excluding carboxylic acids is 4. The molecular weight excluding hydrogens is 562 g/mol. The van der Waals surface area contributed by atoms with Gasteiger partial charge in [0.2, 0.25) is 17.7 Å². The Kier molecular flexibility index (Phi) is 11.4. The molecule has 3 fully saturated rings. The van der Waals surface area contributed by atoms with Gasteiger partial charge in [0.05, 0.1) is 24.0 Å². The maximum absolute atomic E-state index is 14.2. The Hall–Kier alpha value is -3.50. The Bertz CT molecular complexity index is 1210. The molecule has 3 aliphatic rings. The molecule has 1 spiro atoms. The van der Waals surface area contributed by atoms with E-state index in [0.29, 0.717) is 44.3 Å². The number of hydrogen-bond acceptors (Lipinski definition) is 7. The van der Waals surface area contributed by atoms with Gasteiger partial charge in [-0.05, 0) is 44.6 Å². The van der Waals surface area contributed by atoms with Crippen LogP contribution < -0.4 is 5.32 Å². The Balaban J connectivity index is 1.63. The predicted octanol–water partition coefficient (Wildman–Crippen LogP) is 3.31. The molecule has 1 aromatic carbocycles. The average Bonchev–Trinajstić information content (AvgIpc) is 3.67. The summed E-state index contributed by atoms with van der Waals surface area (Å²) in [6.45, 7) is 12.2. The quantitative estimate of drug-likeness (QED) is 0.205. The standard InChI is InChI=1S/C34H47N3O7/c1-5-8-16-26(39)35-23(4)29(24-14-11-10-12-15-24)43-33(42)27-25-17-18-34(44-25)28(27)31(40)37(21-13-22-38)30(34)32(41)36(19-7-3)20-9-6-2/h5,7,10-12,14-15,23,25,27-30,38H,1,3,6,8-9,13,16-22H2,2,4H3,(H,35,39)/t23-,25-,27+,28+,29-,30-,34+/m0/s1. The number of fused-ring (bicyclic) bond motifs is 1. The number of nitrogens with one attached hydrogen (secondary N) is 1. The molecule has 44 heavy (non-hydrogen) atoms. The van der Waals surface area contributed by atoms with Gasteiger partial charge in [-0.3, -0.25) is 19.2 Å². The molecule has 10 heteroatoms. The lowest BCUT2D eigenvalue weighted by Crippen LogP contribution is -2.56. The summed E-state index contributed by atoms with van der Waals surface area (Å²) in [7, 11) is 0. The first kappa shape index (κ1) is 33.4. The van der Waals surface area contributed by atoms with Crippen molar-refractivity contribution in [2.45, 2.75) is 88.7 Å². The molecule has 7 atom stereocenters. The molecule has 0 unspecified atom stereocenters. The van der Waals surface area contributed by atoms with E-state index in [1.165, 1.54) is 4.90 Å². The fourth-order valence-electron chi connectivity index (χ4n) is 7.09. The number of unbranched alkanes of at least 4 members (excludes halogenated alkanes) is 1. The molecule has 240 valence electrons. The number of amides is 3. The molecule has 0 aromatic heterocycles. The maximum atomic E-state index is 14.2. The third-order valence-electron chi connectivity index (χ3n) is 9.10. The van der Waals surface area contributed by atoms with E-state index in [9.17, 15) is 24.3 Å². The second-order valence-electron chi connectivity index (χ2n) is 12.0. The smallest absolute Gasteiger partial charge is 0.313 e. The minimum atomic E-state index is -1.16. The Morgan fingerprint density at radius 2 is 1.98 bits per heavy atom. The van der Waals surface area contributed by atoms with E-state index in [1.807, 2.05) is 37.3 Å². The number of hydrogen-bond donors (Lipinski definition) is 2. The highest BCUT2D eigenvalue weighted by Crippen LogP contribution is 2.59. The van der Waals surface area contributed by atoms with Crippen molar-refractivity contribution < 1.29 is 33.8 Å². The van der Waals surface area contributed by atoms with Crippen molar-refractivity contribution in [3.63, 3.8) is 0 Å². The number of esters is 1. The van der Waals surface area contributed by atoms with Gasteiger partial charge in [0.1, 0.15) is 17.7 Å². The molecular formula is C34H47N3O7. The number of benzene rings is 1. The Morgan fingerprint density at radius 3 is 2.64 bits per heavy atom. The number of aliphatic hydroxyl groups excluding tert-OH is 1. The summed E-state index contributed by atoms with van der Waals surface area (Å²) < 4.78 is 12.7. The molecule has 2 bridgehead atoms. The number of likely N-dealkylation sites (tertiary alicyclic amines) is 1. The SMILES string of the molecule is C=CCCC(=O)N[C@@H](C)[C@H](OC(=O)[C@@H]1[C@@H]2CC[C@]3(O2)[C@H](C(=O)N(CC=C)CCCC)N(CCCO)C(=O)[C@@H]13)c1ccccc1. The van der Waals surface area contributed by atoms with Gasteiger partial charge >= 0.3 is 5.97 Å². The first-order valence-electron chi connectivity index (χ1n) is 15.9. The van der Waals surface area contributed by atoms with Gasteiger partial charge in [-0.15, -0.1) is 13.2 Å². The first-order valence-corrected chi connectivity index (χ1v) is 15.9.